The fraction of sp³-hybridized carbons (Fsp3) is 0.304. The second kappa shape index (κ2) is 11.0. The average molecular weight is 603 g/mol. The number of nitrogens with zero attached hydrogens (tertiary/aromatic N) is 6. The molecule has 1 fully saturated rings. The van der Waals surface area contributed by atoms with Crippen LogP contribution in [0.2, 0.25) is 0 Å². The normalized spacial score (nSPS) is 19.0. The summed E-state index contributed by atoms with van der Waals surface area (Å²) in [6.45, 7) is 3.88. The average Bonchev–Trinajstić information content (AvgIpc) is 3.52. The van der Waals surface area contributed by atoms with Gasteiger partial charge in [-0.1, -0.05) is 5.16 Å². The first-order chi connectivity index (χ1) is 18.7. The molecule has 202 valence electrons. The van der Waals surface area contributed by atoms with Crippen LogP contribution in [0.1, 0.15) is 22.6 Å². The van der Waals surface area contributed by atoms with Gasteiger partial charge in [-0.25, -0.2) is 9.55 Å². The van der Waals surface area contributed by atoms with Gasteiger partial charge in [0.1, 0.15) is 30.1 Å². The Balaban J connectivity index is 1.40. The molecule has 0 radical (unpaired) electrons. The number of aromatic nitrogens is 4. The minimum Gasteiger partial charge on any atom is -0.735 e. The Hall–Kier alpha value is -3.47. The van der Waals surface area contributed by atoms with E-state index in [0.29, 0.717) is 16.3 Å². The summed E-state index contributed by atoms with van der Waals surface area (Å²) in [4.78, 5) is 55.1. The van der Waals surface area contributed by atoms with Gasteiger partial charge in [0.2, 0.25) is 11.5 Å². The van der Waals surface area contributed by atoms with Crippen molar-refractivity contribution in [3.8, 4) is 11.3 Å². The Morgan fingerprint density at radius 3 is 2.72 bits per heavy atom. The Kier molecular flexibility index (Phi) is 7.61. The van der Waals surface area contributed by atoms with Gasteiger partial charge in [-0.05, 0) is 13.8 Å². The predicted molar refractivity (Wildman–Crippen MR) is 150 cm³/mol. The number of nitrogens with one attached hydrogen (secondary N) is 1. The molecular weight excluding hydrogens is 581 g/mol. The number of fused-ring (bicyclic) bond motifs is 1. The Labute approximate surface area is 240 Å². The summed E-state index contributed by atoms with van der Waals surface area (Å²) < 4.78 is 5.95. The second-order valence-electron chi connectivity index (χ2n) is 8.47. The second-order valence-corrected chi connectivity index (χ2v) is 11.9. The van der Waals surface area contributed by atoms with Crippen LogP contribution in [0.5, 0.6) is 0 Å². The van der Waals surface area contributed by atoms with E-state index in [9.17, 15) is 14.4 Å². The zero-order valence-corrected chi connectivity index (χ0v) is 24.2. The number of hydrogen-bond acceptors (Lipinski definition) is 13. The molecule has 1 saturated heterocycles. The van der Waals surface area contributed by atoms with Crippen molar-refractivity contribution < 1.29 is 23.8 Å². The maximum atomic E-state index is 13.3. The number of pyridine rings is 1. The summed E-state index contributed by atoms with van der Waals surface area (Å²) in [6.07, 6.45) is 3.87. The third-order valence-electron chi connectivity index (χ3n) is 5.91. The van der Waals surface area contributed by atoms with E-state index in [0.717, 1.165) is 27.7 Å². The number of rotatable bonds is 8. The first kappa shape index (κ1) is 27.1. The molecule has 2 aliphatic heterocycles. The topological polar surface area (TPSA) is 157 Å². The largest absolute Gasteiger partial charge is 0.735 e. The lowest BCUT2D eigenvalue weighted by molar-refractivity contribution is -0.671. The smallest absolute Gasteiger partial charge is 0.278 e. The summed E-state index contributed by atoms with van der Waals surface area (Å²) in [5.41, 5.74) is 7.94. The minimum absolute atomic E-state index is 0.00547. The zero-order valence-electron chi connectivity index (χ0n) is 20.9. The number of carbonyl (C=O) groups is 3. The standard InChI is InChI=1S/C23H22N8O4S4/c1-4-35-28-14(17-27-23(24)39-29-17)18(32)25-15-20(33)31-16(22(34)36)12(9-37-21(15)31)19-26-13(10(2)38-19)11-5-7-30(3)8-6-11/h5-8,15,21H,4,9H2,1-3H3,(H3-,24,25,27,29,32,34,36)/b28-14-/t15-,21-/m1/s1. The SMILES string of the molecule is CCO/N=C(\C(=O)N[C@@H]1C(=O)N2C(C(=O)[S-])=C(c3nc(-c4cc[n+](C)cc4)c(C)s3)CS[C@H]12)c1nsc(N)n1. The predicted octanol–water partition coefficient (Wildman–Crippen LogP) is 1.00. The van der Waals surface area contributed by atoms with Gasteiger partial charge in [0.05, 0.1) is 16.5 Å². The summed E-state index contributed by atoms with van der Waals surface area (Å²) >= 11 is 8.80. The first-order valence-corrected chi connectivity index (χ1v) is 14.7. The summed E-state index contributed by atoms with van der Waals surface area (Å²) in [6, 6.07) is 3.03. The Morgan fingerprint density at radius 2 is 2.08 bits per heavy atom. The number of oxime groups is 1. The van der Waals surface area contributed by atoms with Gasteiger partial charge in [-0.3, -0.25) is 14.5 Å². The van der Waals surface area contributed by atoms with Crippen LogP contribution in [0, 0.1) is 6.92 Å². The summed E-state index contributed by atoms with van der Waals surface area (Å²) in [5, 5.41) is 6.09. The van der Waals surface area contributed by atoms with E-state index in [4.69, 9.17) is 28.2 Å². The van der Waals surface area contributed by atoms with Gasteiger partial charge in [-0.2, -0.15) is 9.36 Å². The number of hydrogen-bond donors (Lipinski definition) is 2. The maximum absolute atomic E-state index is 13.3. The van der Waals surface area contributed by atoms with Crippen molar-refractivity contribution >= 4 is 80.6 Å². The molecule has 0 aromatic carbocycles. The monoisotopic (exact) mass is 602 g/mol. The molecule has 12 nitrogen and oxygen atoms in total. The van der Waals surface area contributed by atoms with Crippen molar-refractivity contribution in [2.45, 2.75) is 25.3 Å². The van der Waals surface area contributed by atoms with Crippen LogP contribution in [0.25, 0.3) is 16.8 Å². The highest BCUT2D eigenvalue weighted by molar-refractivity contribution is 8.00. The number of nitrogen functional groups attached to an aromatic ring is 1. The molecule has 0 unspecified atom stereocenters. The molecule has 0 saturated carbocycles. The zero-order chi connectivity index (χ0) is 27.8. The van der Waals surface area contributed by atoms with Gasteiger partial charge < -0.3 is 33.3 Å². The molecular formula is C23H22N8O4S4. The number of thiazole rings is 1. The van der Waals surface area contributed by atoms with Crippen LogP contribution < -0.4 is 15.6 Å². The highest BCUT2D eigenvalue weighted by Gasteiger charge is 2.53. The van der Waals surface area contributed by atoms with Crippen molar-refractivity contribution in [2.24, 2.45) is 12.2 Å². The fourth-order valence-corrected chi connectivity index (χ4v) is 7.15. The van der Waals surface area contributed by atoms with Crippen LogP contribution in [0.3, 0.4) is 0 Å². The number of aryl methyl sites for hydroxylation is 2. The fourth-order valence-electron chi connectivity index (χ4n) is 4.08. The minimum atomic E-state index is -0.908. The van der Waals surface area contributed by atoms with E-state index in [1.165, 1.54) is 28.0 Å². The van der Waals surface area contributed by atoms with E-state index >= 15 is 0 Å². The molecule has 2 amide bonds. The number of nitrogens with two attached hydrogens (primary N) is 1. The lowest BCUT2D eigenvalue weighted by Gasteiger charge is -2.50. The third kappa shape index (κ3) is 5.11. The summed E-state index contributed by atoms with van der Waals surface area (Å²) in [7, 11) is 1.93. The number of thioether (sulfide) groups is 1. The van der Waals surface area contributed by atoms with E-state index in [1.807, 2.05) is 43.1 Å². The van der Waals surface area contributed by atoms with Crippen LogP contribution in [-0.2, 0) is 38.9 Å². The number of amides is 2. The van der Waals surface area contributed by atoms with Crippen LogP contribution in [-0.4, -0.2) is 65.7 Å². The quantitative estimate of drug-likeness (QED) is 0.125. The van der Waals surface area contributed by atoms with Gasteiger partial charge >= 0.3 is 0 Å². The van der Waals surface area contributed by atoms with Crippen molar-refractivity contribution in [3.63, 3.8) is 0 Å². The molecule has 3 aromatic rings. The van der Waals surface area contributed by atoms with Crippen molar-refractivity contribution in [1.82, 2.24) is 24.6 Å². The number of β-lactam (4-membered cyclic amide) rings is 1. The first-order valence-electron chi connectivity index (χ1n) is 11.6. The van der Waals surface area contributed by atoms with Crippen LogP contribution in [0.15, 0.2) is 35.4 Å². The molecule has 0 aliphatic carbocycles. The molecule has 0 spiro atoms. The van der Waals surface area contributed by atoms with E-state index in [1.54, 1.807) is 6.92 Å². The summed E-state index contributed by atoms with van der Waals surface area (Å²) in [5.74, 6) is -0.776. The molecule has 3 N–H and O–H groups in total. The lowest BCUT2D eigenvalue weighted by atomic mass is 10.0. The van der Waals surface area contributed by atoms with E-state index in [-0.39, 0.29) is 29.0 Å². The number of carbonyl (C=O) groups excluding carboxylic acids is 3. The molecule has 0 bridgehead atoms. The molecule has 5 rings (SSSR count). The van der Waals surface area contributed by atoms with E-state index in [2.05, 4.69) is 19.8 Å². The van der Waals surface area contributed by atoms with Gasteiger partial charge in [0.15, 0.2) is 17.5 Å². The van der Waals surface area contributed by atoms with Crippen LogP contribution in [0.4, 0.5) is 5.13 Å². The van der Waals surface area contributed by atoms with Crippen LogP contribution >= 0.6 is 34.6 Å². The Morgan fingerprint density at radius 1 is 1.33 bits per heavy atom. The van der Waals surface area contributed by atoms with Crippen molar-refractivity contribution in [2.75, 3.05) is 18.1 Å². The molecule has 2 aliphatic rings. The maximum Gasteiger partial charge on any atom is 0.278 e. The lowest BCUT2D eigenvalue weighted by Crippen LogP contribution is -2.70. The molecule has 16 heteroatoms. The van der Waals surface area contributed by atoms with Gasteiger partial charge in [-0.15, -0.1) is 23.1 Å². The number of anilines is 1. The third-order valence-corrected chi connectivity index (χ3v) is 8.95. The van der Waals surface area contributed by atoms with Gasteiger partial charge in [0, 0.05) is 45.4 Å². The van der Waals surface area contributed by atoms with Gasteiger partial charge in [0.25, 0.3) is 11.8 Å². The van der Waals surface area contributed by atoms with E-state index < -0.39 is 28.3 Å². The molecule has 3 aromatic heterocycles. The molecule has 39 heavy (non-hydrogen) atoms. The molecule has 5 heterocycles. The molecule has 2 atom stereocenters. The highest BCUT2D eigenvalue weighted by Crippen LogP contribution is 2.45. The highest BCUT2D eigenvalue weighted by atomic mass is 32.2. The van der Waals surface area contributed by atoms with Crippen molar-refractivity contribution in [1.29, 1.82) is 0 Å². The Bertz CT molecular complexity index is 1530. The van der Waals surface area contributed by atoms with Crippen molar-refractivity contribution in [3.05, 3.63) is 45.9 Å².